The van der Waals surface area contributed by atoms with Crippen molar-refractivity contribution < 1.29 is 4.42 Å². The Morgan fingerprint density at radius 3 is 1.84 bits per heavy atom. The van der Waals surface area contributed by atoms with Gasteiger partial charge in [0.05, 0.1) is 5.69 Å². The van der Waals surface area contributed by atoms with Crippen LogP contribution in [0.5, 0.6) is 0 Å². The Balaban J connectivity index is 1.16. The summed E-state index contributed by atoms with van der Waals surface area (Å²) in [5, 5.41) is 9.73. The molecule has 0 aliphatic carbocycles. The average Bonchev–Trinajstić information content (AvgIpc) is 3.58. The van der Waals surface area contributed by atoms with Crippen LogP contribution in [0, 0.1) is 0 Å². The summed E-state index contributed by atoms with van der Waals surface area (Å²) in [5.74, 6) is 0. The zero-order chi connectivity index (χ0) is 33.0. The second-order valence-corrected chi connectivity index (χ2v) is 12.9. The highest BCUT2D eigenvalue weighted by Gasteiger charge is 2.19. The van der Waals surface area contributed by atoms with Crippen molar-refractivity contribution in [3.63, 3.8) is 0 Å². The van der Waals surface area contributed by atoms with E-state index in [-0.39, 0.29) is 0 Å². The minimum atomic E-state index is 0.912. The van der Waals surface area contributed by atoms with Gasteiger partial charge >= 0.3 is 0 Å². The van der Waals surface area contributed by atoms with Gasteiger partial charge in [-0.05, 0) is 97.5 Å². The number of anilines is 3. The van der Waals surface area contributed by atoms with E-state index in [2.05, 4.69) is 181 Å². The van der Waals surface area contributed by atoms with Gasteiger partial charge in [0.25, 0.3) is 0 Å². The molecule has 0 aliphatic heterocycles. The van der Waals surface area contributed by atoms with E-state index in [0.29, 0.717) is 0 Å². The molecule has 9 aromatic carbocycles. The predicted octanol–water partition coefficient (Wildman–Crippen LogP) is 13.8. The number of nitrogens with zero attached hydrogens (tertiary/aromatic N) is 1. The van der Waals surface area contributed by atoms with Crippen LogP contribution < -0.4 is 4.90 Å². The number of fused-ring (bicyclic) bond motifs is 8. The van der Waals surface area contributed by atoms with Crippen LogP contribution in [0.4, 0.5) is 17.1 Å². The SMILES string of the molecule is c1ccc(-c2ccccc2N(c2ccc(-c3cc4ccccc4c4ccccc34)cc2)c2ccc3c(ccc4oc5ccccc5c43)c2)cc1. The molecule has 0 saturated heterocycles. The fraction of sp³-hybridized carbons (Fsp3) is 0. The van der Waals surface area contributed by atoms with Crippen LogP contribution in [0.25, 0.3) is 76.5 Å². The van der Waals surface area contributed by atoms with E-state index < -0.39 is 0 Å². The third-order valence-electron chi connectivity index (χ3n) is 10.0. The molecule has 0 amide bonds. The molecular weight excluding hydrogens is 607 g/mol. The molecule has 0 radical (unpaired) electrons. The summed E-state index contributed by atoms with van der Waals surface area (Å²) >= 11 is 0. The van der Waals surface area contributed by atoms with Crippen LogP contribution in [0.1, 0.15) is 0 Å². The first kappa shape index (κ1) is 28.4. The van der Waals surface area contributed by atoms with Crippen LogP contribution in [0.15, 0.2) is 192 Å². The van der Waals surface area contributed by atoms with Crippen molar-refractivity contribution in [1.29, 1.82) is 0 Å². The molecule has 0 spiro atoms. The van der Waals surface area contributed by atoms with E-state index in [0.717, 1.165) is 39.0 Å². The van der Waals surface area contributed by atoms with Gasteiger partial charge in [-0.2, -0.15) is 0 Å². The molecule has 0 aliphatic rings. The highest BCUT2D eigenvalue weighted by Crippen LogP contribution is 2.44. The number of para-hydroxylation sites is 2. The number of rotatable bonds is 5. The van der Waals surface area contributed by atoms with Gasteiger partial charge in [0, 0.05) is 27.7 Å². The van der Waals surface area contributed by atoms with E-state index in [1.165, 1.54) is 54.6 Å². The molecule has 10 rings (SSSR count). The Morgan fingerprint density at radius 1 is 0.340 bits per heavy atom. The van der Waals surface area contributed by atoms with Crippen molar-refractivity contribution in [3.05, 3.63) is 188 Å². The molecule has 50 heavy (non-hydrogen) atoms. The van der Waals surface area contributed by atoms with Gasteiger partial charge in [0.15, 0.2) is 0 Å². The Morgan fingerprint density at radius 2 is 0.980 bits per heavy atom. The lowest BCUT2D eigenvalue weighted by molar-refractivity contribution is 0.669. The number of hydrogen-bond acceptors (Lipinski definition) is 2. The van der Waals surface area contributed by atoms with Gasteiger partial charge in [0.1, 0.15) is 11.2 Å². The van der Waals surface area contributed by atoms with Gasteiger partial charge in [-0.1, -0.05) is 140 Å². The Hall–Kier alpha value is -6.64. The predicted molar refractivity (Wildman–Crippen MR) is 212 cm³/mol. The van der Waals surface area contributed by atoms with E-state index in [9.17, 15) is 0 Å². The van der Waals surface area contributed by atoms with Crippen LogP contribution in [0.2, 0.25) is 0 Å². The highest BCUT2D eigenvalue weighted by atomic mass is 16.3. The molecule has 2 heteroatoms. The maximum atomic E-state index is 6.23. The zero-order valence-corrected chi connectivity index (χ0v) is 27.3. The molecule has 0 atom stereocenters. The average molecular weight is 638 g/mol. The Bertz CT molecular complexity index is 2870. The van der Waals surface area contributed by atoms with Crippen LogP contribution in [-0.2, 0) is 0 Å². The summed E-state index contributed by atoms with van der Waals surface area (Å²) in [4.78, 5) is 2.39. The second kappa shape index (κ2) is 11.5. The first-order valence-electron chi connectivity index (χ1n) is 17.1. The molecule has 0 bridgehead atoms. The van der Waals surface area contributed by atoms with Gasteiger partial charge in [-0.25, -0.2) is 0 Å². The number of benzene rings is 9. The Labute approximate surface area is 290 Å². The van der Waals surface area contributed by atoms with E-state index in [1.807, 2.05) is 12.1 Å². The lowest BCUT2D eigenvalue weighted by atomic mass is 9.93. The van der Waals surface area contributed by atoms with Crippen LogP contribution in [0.3, 0.4) is 0 Å². The summed E-state index contributed by atoms with van der Waals surface area (Å²) in [5.41, 5.74) is 9.93. The third kappa shape index (κ3) is 4.57. The summed E-state index contributed by atoms with van der Waals surface area (Å²) in [6.45, 7) is 0. The third-order valence-corrected chi connectivity index (χ3v) is 10.0. The summed E-state index contributed by atoms with van der Waals surface area (Å²) in [6, 6.07) is 67.6. The molecule has 0 saturated carbocycles. The highest BCUT2D eigenvalue weighted by molar-refractivity contribution is 6.19. The first-order valence-corrected chi connectivity index (χ1v) is 17.1. The van der Waals surface area contributed by atoms with Crippen LogP contribution in [-0.4, -0.2) is 0 Å². The zero-order valence-electron chi connectivity index (χ0n) is 27.3. The summed E-state index contributed by atoms with van der Waals surface area (Å²) in [7, 11) is 0. The standard InChI is InChI=1S/C48H31NO/c1-2-12-32(13-3-1)39-16-8-10-20-45(39)49(37-27-28-40-35(30-37)24-29-47-48(40)43-19-9-11-21-46(43)50-47)36-25-22-33(23-26-36)44-31-34-14-4-5-15-38(34)41-17-6-7-18-42(41)44/h1-31H. The van der Waals surface area contributed by atoms with Gasteiger partial charge in [-0.3, -0.25) is 0 Å². The van der Waals surface area contributed by atoms with Crippen molar-refractivity contribution in [1.82, 2.24) is 0 Å². The minimum Gasteiger partial charge on any atom is -0.456 e. The molecule has 2 nitrogen and oxygen atoms in total. The molecule has 1 heterocycles. The lowest BCUT2D eigenvalue weighted by Crippen LogP contribution is -2.11. The topological polar surface area (TPSA) is 16.4 Å². The molecule has 0 fully saturated rings. The van der Waals surface area contributed by atoms with Crippen LogP contribution >= 0.6 is 0 Å². The second-order valence-electron chi connectivity index (χ2n) is 12.9. The maximum absolute atomic E-state index is 6.23. The molecule has 1 aromatic heterocycles. The maximum Gasteiger partial charge on any atom is 0.136 e. The molecule has 0 N–H and O–H groups in total. The molecule has 10 aromatic rings. The van der Waals surface area contributed by atoms with Gasteiger partial charge in [0.2, 0.25) is 0 Å². The minimum absolute atomic E-state index is 0.912. The van der Waals surface area contributed by atoms with Crippen molar-refractivity contribution >= 4 is 71.3 Å². The normalized spacial score (nSPS) is 11.6. The van der Waals surface area contributed by atoms with Gasteiger partial charge in [-0.15, -0.1) is 0 Å². The van der Waals surface area contributed by atoms with Crippen molar-refractivity contribution in [3.8, 4) is 22.3 Å². The largest absolute Gasteiger partial charge is 0.456 e. The molecule has 0 unspecified atom stereocenters. The molecule has 234 valence electrons. The summed E-state index contributed by atoms with van der Waals surface area (Å²) < 4.78 is 6.23. The fourth-order valence-corrected chi connectivity index (χ4v) is 7.72. The van der Waals surface area contributed by atoms with Gasteiger partial charge < -0.3 is 9.32 Å². The molecular formula is C48H31NO. The fourth-order valence-electron chi connectivity index (χ4n) is 7.72. The van der Waals surface area contributed by atoms with Crippen molar-refractivity contribution in [2.45, 2.75) is 0 Å². The van der Waals surface area contributed by atoms with Crippen molar-refractivity contribution in [2.24, 2.45) is 0 Å². The smallest absolute Gasteiger partial charge is 0.136 e. The van der Waals surface area contributed by atoms with E-state index in [1.54, 1.807) is 0 Å². The van der Waals surface area contributed by atoms with E-state index in [4.69, 9.17) is 4.42 Å². The van der Waals surface area contributed by atoms with Crippen molar-refractivity contribution in [2.75, 3.05) is 4.90 Å². The number of hydrogen-bond donors (Lipinski definition) is 0. The Kier molecular flexibility index (Phi) is 6.53. The quantitative estimate of drug-likeness (QED) is 0.175. The first-order chi connectivity index (χ1) is 24.8. The number of furan rings is 1. The lowest BCUT2D eigenvalue weighted by Gasteiger charge is -2.28. The monoisotopic (exact) mass is 637 g/mol. The summed E-state index contributed by atoms with van der Waals surface area (Å²) in [6.07, 6.45) is 0. The van der Waals surface area contributed by atoms with E-state index >= 15 is 0 Å².